The van der Waals surface area contributed by atoms with Gasteiger partial charge in [-0.3, -0.25) is 14.4 Å². The number of carbonyl (C=O) groups is 3. The first kappa shape index (κ1) is 22.5. The SMILES string of the molecule is O=C1N[C@@H]2CC[C@@H](CN(C(=O)C3CCOCC3)C2)C(=O)NCCCOc2ccc(F)cc21. The van der Waals surface area contributed by atoms with Gasteiger partial charge in [0.25, 0.3) is 5.91 Å². The topological polar surface area (TPSA) is 97.0 Å². The number of amides is 3. The van der Waals surface area contributed by atoms with Crippen LogP contribution in [0.2, 0.25) is 0 Å². The molecule has 9 heteroatoms. The molecule has 0 aliphatic carbocycles. The van der Waals surface area contributed by atoms with Crippen LogP contribution in [-0.4, -0.2) is 68.1 Å². The fraction of sp³-hybridized carbons (Fsp3) is 0.609. The summed E-state index contributed by atoms with van der Waals surface area (Å²) in [6.07, 6.45) is 2.97. The number of carbonyl (C=O) groups excluding carboxylic acids is 3. The largest absolute Gasteiger partial charge is 0.493 e. The van der Waals surface area contributed by atoms with Crippen LogP contribution in [0.1, 0.15) is 42.5 Å². The molecule has 2 fully saturated rings. The Balaban J connectivity index is 1.59. The van der Waals surface area contributed by atoms with Crippen molar-refractivity contribution < 1.29 is 28.2 Å². The van der Waals surface area contributed by atoms with E-state index in [9.17, 15) is 18.8 Å². The maximum absolute atomic E-state index is 13.9. The van der Waals surface area contributed by atoms with Gasteiger partial charge in [0.1, 0.15) is 11.6 Å². The molecule has 3 aliphatic rings. The molecule has 1 aromatic rings. The fourth-order valence-corrected chi connectivity index (χ4v) is 4.58. The Labute approximate surface area is 186 Å². The Hall–Kier alpha value is -2.68. The average Bonchev–Trinajstić information content (AvgIpc) is 3.02. The molecule has 2 saturated heterocycles. The first-order valence-electron chi connectivity index (χ1n) is 11.4. The highest BCUT2D eigenvalue weighted by Gasteiger charge is 2.35. The van der Waals surface area contributed by atoms with Gasteiger partial charge in [0, 0.05) is 44.8 Å². The second-order valence-corrected chi connectivity index (χ2v) is 8.71. The molecular weight excluding hydrogens is 417 g/mol. The molecule has 0 aromatic heterocycles. The molecule has 2 N–H and O–H groups in total. The van der Waals surface area contributed by atoms with Crippen molar-refractivity contribution in [3.05, 3.63) is 29.6 Å². The van der Waals surface area contributed by atoms with E-state index in [1.54, 1.807) is 4.90 Å². The summed E-state index contributed by atoms with van der Waals surface area (Å²) in [5.41, 5.74) is 0.134. The lowest BCUT2D eigenvalue weighted by Gasteiger charge is -2.31. The summed E-state index contributed by atoms with van der Waals surface area (Å²) in [5, 5.41) is 5.90. The van der Waals surface area contributed by atoms with Gasteiger partial charge in [-0.15, -0.1) is 0 Å². The third-order valence-corrected chi connectivity index (χ3v) is 6.40. The molecule has 2 atom stereocenters. The van der Waals surface area contributed by atoms with Gasteiger partial charge in [0.05, 0.1) is 18.1 Å². The highest BCUT2D eigenvalue weighted by molar-refractivity contribution is 5.97. The van der Waals surface area contributed by atoms with Gasteiger partial charge in [-0.25, -0.2) is 4.39 Å². The first-order valence-corrected chi connectivity index (χ1v) is 11.4. The summed E-state index contributed by atoms with van der Waals surface area (Å²) < 4.78 is 24.9. The molecule has 4 rings (SSSR count). The number of likely N-dealkylation sites (tertiary alicyclic amines) is 1. The van der Waals surface area contributed by atoms with E-state index in [1.807, 2.05) is 0 Å². The second-order valence-electron chi connectivity index (χ2n) is 8.71. The van der Waals surface area contributed by atoms with Crippen molar-refractivity contribution in [3.8, 4) is 5.75 Å². The molecule has 2 bridgehead atoms. The van der Waals surface area contributed by atoms with Crippen LogP contribution in [-0.2, 0) is 14.3 Å². The zero-order valence-corrected chi connectivity index (χ0v) is 18.1. The van der Waals surface area contributed by atoms with Crippen LogP contribution in [0.4, 0.5) is 4.39 Å². The van der Waals surface area contributed by atoms with Crippen molar-refractivity contribution in [1.82, 2.24) is 15.5 Å². The van der Waals surface area contributed by atoms with Crippen molar-refractivity contribution in [2.45, 2.75) is 38.1 Å². The molecule has 3 amide bonds. The Morgan fingerprint density at radius 3 is 2.69 bits per heavy atom. The maximum atomic E-state index is 13.9. The maximum Gasteiger partial charge on any atom is 0.255 e. The van der Waals surface area contributed by atoms with Crippen LogP contribution in [0.5, 0.6) is 5.75 Å². The minimum Gasteiger partial charge on any atom is -0.493 e. The van der Waals surface area contributed by atoms with Crippen molar-refractivity contribution in [2.75, 3.05) is 39.5 Å². The lowest BCUT2D eigenvalue weighted by Crippen LogP contribution is -2.48. The van der Waals surface area contributed by atoms with Gasteiger partial charge in [-0.1, -0.05) is 0 Å². The van der Waals surface area contributed by atoms with Gasteiger partial charge < -0.3 is 25.0 Å². The predicted molar refractivity (Wildman–Crippen MR) is 114 cm³/mol. The number of ether oxygens (including phenoxy) is 2. The van der Waals surface area contributed by atoms with E-state index in [1.165, 1.54) is 18.2 Å². The first-order chi connectivity index (χ1) is 15.5. The van der Waals surface area contributed by atoms with Crippen molar-refractivity contribution in [2.24, 2.45) is 11.8 Å². The Morgan fingerprint density at radius 2 is 1.88 bits per heavy atom. The Morgan fingerprint density at radius 1 is 1.06 bits per heavy atom. The normalized spacial score (nSPS) is 25.6. The zero-order chi connectivity index (χ0) is 22.5. The Kier molecular flexibility index (Phi) is 7.24. The number of rotatable bonds is 1. The smallest absolute Gasteiger partial charge is 0.255 e. The summed E-state index contributed by atoms with van der Waals surface area (Å²) in [6, 6.07) is 3.52. The average molecular weight is 448 g/mol. The minimum atomic E-state index is -0.520. The van der Waals surface area contributed by atoms with E-state index in [-0.39, 0.29) is 41.9 Å². The minimum absolute atomic E-state index is 0.00587. The third kappa shape index (κ3) is 5.38. The molecule has 174 valence electrons. The molecular formula is C23H30FN3O5. The highest BCUT2D eigenvalue weighted by atomic mass is 19.1. The van der Waals surface area contributed by atoms with Gasteiger partial charge >= 0.3 is 0 Å². The van der Waals surface area contributed by atoms with Crippen molar-refractivity contribution in [3.63, 3.8) is 0 Å². The van der Waals surface area contributed by atoms with E-state index in [2.05, 4.69) is 10.6 Å². The van der Waals surface area contributed by atoms with Crippen LogP contribution in [0.25, 0.3) is 0 Å². The highest BCUT2D eigenvalue weighted by Crippen LogP contribution is 2.25. The molecule has 0 saturated carbocycles. The number of halogens is 1. The number of fused-ring (bicyclic) bond motifs is 4. The molecule has 0 unspecified atom stereocenters. The number of nitrogens with zero attached hydrogens (tertiary/aromatic N) is 1. The summed E-state index contributed by atoms with van der Waals surface area (Å²) in [7, 11) is 0. The predicted octanol–water partition coefficient (Wildman–Crippen LogP) is 1.49. The lowest BCUT2D eigenvalue weighted by atomic mass is 9.97. The molecule has 32 heavy (non-hydrogen) atoms. The molecule has 1 aromatic carbocycles. The van der Waals surface area contributed by atoms with Gasteiger partial charge in [-0.2, -0.15) is 0 Å². The van der Waals surface area contributed by atoms with Crippen LogP contribution >= 0.6 is 0 Å². The molecule has 3 heterocycles. The van der Waals surface area contributed by atoms with E-state index >= 15 is 0 Å². The number of benzene rings is 1. The second kappa shape index (κ2) is 10.3. The quantitative estimate of drug-likeness (QED) is 0.680. The molecule has 0 spiro atoms. The van der Waals surface area contributed by atoms with Gasteiger partial charge in [-0.05, 0) is 50.3 Å². The van der Waals surface area contributed by atoms with Gasteiger partial charge in [0.2, 0.25) is 11.8 Å². The van der Waals surface area contributed by atoms with Crippen LogP contribution in [0.3, 0.4) is 0 Å². The summed E-state index contributed by atoms with van der Waals surface area (Å²) in [4.78, 5) is 40.8. The molecule has 0 radical (unpaired) electrons. The number of hydrogen-bond acceptors (Lipinski definition) is 5. The summed E-state index contributed by atoms with van der Waals surface area (Å²) >= 11 is 0. The van der Waals surface area contributed by atoms with E-state index < -0.39 is 11.7 Å². The number of nitrogens with one attached hydrogen (secondary N) is 2. The fourth-order valence-electron chi connectivity index (χ4n) is 4.58. The van der Waals surface area contributed by atoms with Crippen molar-refractivity contribution >= 4 is 17.7 Å². The zero-order valence-electron chi connectivity index (χ0n) is 18.1. The molecule has 3 aliphatic heterocycles. The van der Waals surface area contributed by atoms with E-state index in [4.69, 9.17) is 9.47 Å². The summed E-state index contributed by atoms with van der Waals surface area (Å²) in [6.45, 7) is 2.46. The Bertz CT molecular complexity index is 858. The summed E-state index contributed by atoms with van der Waals surface area (Å²) in [5.74, 6) is -1.21. The van der Waals surface area contributed by atoms with Crippen molar-refractivity contribution in [1.29, 1.82) is 0 Å². The molecule has 8 nitrogen and oxygen atoms in total. The van der Waals surface area contributed by atoms with E-state index in [0.717, 1.165) is 0 Å². The number of hydrogen-bond donors (Lipinski definition) is 2. The van der Waals surface area contributed by atoms with Gasteiger partial charge in [0.15, 0.2) is 0 Å². The van der Waals surface area contributed by atoms with Crippen LogP contribution in [0, 0.1) is 17.7 Å². The third-order valence-electron chi connectivity index (χ3n) is 6.40. The van der Waals surface area contributed by atoms with Crippen LogP contribution < -0.4 is 15.4 Å². The van der Waals surface area contributed by atoms with Crippen LogP contribution in [0.15, 0.2) is 18.2 Å². The monoisotopic (exact) mass is 447 g/mol. The standard InChI is InChI=1S/C23H30FN3O5/c24-17-3-5-20-19(12-17)22(29)26-18-4-2-16(21(28)25-8-1-9-32-20)13-27(14-18)23(30)15-6-10-31-11-7-15/h3,5,12,15-16,18H,1-2,4,6-11,13-14H2,(H,25,28)(H,26,29)/t16-,18+/m0/s1. The van der Waals surface area contributed by atoms with E-state index in [0.29, 0.717) is 70.7 Å². The lowest BCUT2D eigenvalue weighted by molar-refractivity contribution is -0.140.